The zero-order valence-corrected chi connectivity index (χ0v) is 12.1. The van der Waals surface area contributed by atoms with Crippen LogP contribution < -0.4 is 0 Å². The molecule has 112 valence electrons. The van der Waals surface area contributed by atoms with Crippen LogP contribution in [0.4, 0.5) is 5.69 Å². The number of hydrogen-bond acceptors (Lipinski definition) is 4. The third-order valence-electron chi connectivity index (χ3n) is 3.43. The topological polar surface area (TPSA) is 80.5 Å². The molecule has 7 heteroatoms. The Hall–Kier alpha value is -1.95. The van der Waals surface area contributed by atoms with Gasteiger partial charge in [0.15, 0.2) is 0 Å². The van der Waals surface area contributed by atoms with Crippen LogP contribution in [0, 0.1) is 10.1 Å². The lowest BCUT2D eigenvalue weighted by molar-refractivity contribution is -0.384. The quantitative estimate of drug-likeness (QED) is 0.255. The van der Waals surface area contributed by atoms with E-state index in [1.165, 1.54) is 18.2 Å². The number of non-ortho nitro benzene ring substituents is 1. The summed E-state index contributed by atoms with van der Waals surface area (Å²) < 4.78 is 0. The molecule has 0 saturated carbocycles. The zero-order chi connectivity index (χ0) is 15.4. The lowest BCUT2D eigenvalue weighted by Crippen LogP contribution is -2.30. The van der Waals surface area contributed by atoms with E-state index < -0.39 is 10.8 Å². The normalized spacial score (nSPS) is 13.7. The number of nitrogens with zero attached hydrogens (tertiary/aromatic N) is 2. The van der Waals surface area contributed by atoms with E-state index in [0.29, 0.717) is 18.8 Å². The fraction of sp³-hybridized carbons (Fsp3) is 0.429. The number of unbranched alkanes of at least 4 members (excludes halogenated alkanes) is 3. The van der Waals surface area contributed by atoms with E-state index in [0.717, 1.165) is 24.2 Å². The number of hydrogen-bond donors (Lipinski definition) is 0. The number of halogens is 1. The Bertz CT molecular complexity index is 588. The maximum absolute atomic E-state index is 12.2. The number of rotatable bonds is 7. The molecule has 0 bridgehead atoms. The molecule has 1 aliphatic heterocycles. The minimum Gasteiger partial charge on any atom is -0.274 e. The van der Waals surface area contributed by atoms with Gasteiger partial charge in [-0.3, -0.25) is 24.6 Å². The zero-order valence-electron chi connectivity index (χ0n) is 11.4. The summed E-state index contributed by atoms with van der Waals surface area (Å²) in [5.74, 6) is -0.213. The molecular weight excluding hydrogens is 296 g/mol. The Morgan fingerprint density at radius 1 is 1.05 bits per heavy atom. The van der Waals surface area contributed by atoms with Crippen LogP contribution in [0.5, 0.6) is 0 Å². The Morgan fingerprint density at radius 2 is 1.71 bits per heavy atom. The van der Waals surface area contributed by atoms with Crippen LogP contribution in [0.2, 0.25) is 0 Å². The molecule has 1 aromatic rings. The summed E-state index contributed by atoms with van der Waals surface area (Å²) in [4.78, 5) is 35.6. The number of fused-ring (bicyclic) bond motifs is 1. The van der Waals surface area contributed by atoms with Crippen LogP contribution in [0.3, 0.4) is 0 Å². The van der Waals surface area contributed by atoms with E-state index in [-0.39, 0.29) is 22.7 Å². The van der Waals surface area contributed by atoms with Crippen molar-refractivity contribution in [2.45, 2.75) is 25.7 Å². The SMILES string of the molecule is O=C1c2ccc([N+](=O)[O-])cc2C(=O)N1CCCCCCCl. The van der Waals surface area contributed by atoms with Crippen molar-refractivity contribution in [3.8, 4) is 0 Å². The third kappa shape index (κ3) is 3.21. The fourth-order valence-corrected chi connectivity index (χ4v) is 2.50. The molecule has 1 aliphatic rings. The molecule has 0 fully saturated rings. The van der Waals surface area contributed by atoms with Gasteiger partial charge in [0.25, 0.3) is 17.5 Å². The number of carbonyl (C=O) groups excluding carboxylic acids is 2. The van der Waals surface area contributed by atoms with E-state index >= 15 is 0 Å². The Labute approximate surface area is 126 Å². The maximum atomic E-state index is 12.2. The summed E-state index contributed by atoms with van der Waals surface area (Å²) in [6.07, 6.45) is 3.47. The van der Waals surface area contributed by atoms with Gasteiger partial charge in [0.05, 0.1) is 16.1 Å². The van der Waals surface area contributed by atoms with Crippen molar-refractivity contribution >= 4 is 29.1 Å². The summed E-state index contributed by atoms with van der Waals surface area (Å²) in [6, 6.07) is 3.76. The molecule has 0 unspecified atom stereocenters. The van der Waals surface area contributed by atoms with Gasteiger partial charge in [0.2, 0.25) is 0 Å². The largest absolute Gasteiger partial charge is 0.274 e. The first-order valence-corrected chi connectivity index (χ1v) is 7.30. The smallest absolute Gasteiger partial charge is 0.270 e. The second-order valence-electron chi connectivity index (χ2n) is 4.85. The summed E-state index contributed by atoms with van der Waals surface area (Å²) in [5.41, 5.74) is 0.181. The third-order valence-corrected chi connectivity index (χ3v) is 3.70. The lowest BCUT2D eigenvalue weighted by Gasteiger charge is -2.13. The predicted molar refractivity (Wildman–Crippen MR) is 77.7 cm³/mol. The first-order chi connectivity index (χ1) is 10.1. The van der Waals surface area contributed by atoms with Gasteiger partial charge in [0, 0.05) is 24.6 Å². The number of amides is 2. The Morgan fingerprint density at radius 3 is 2.38 bits per heavy atom. The molecule has 0 atom stereocenters. The van der Waals surface area contributed by atoms with Crippen molar-refractivity contribution < 1.29 is 14.5 Å². The van der Waals surface area contributed by atoms with Gasteiger partial charge in [-0.25, -0.2) is 0 Å². The van der Waals surface area contributed by atoms with Crippen molar-refractivity contribution in [2.75, 3.05) is 12.4 Å². The molecule has 1 aromatic carbocycles. The number of nitro benzene ring substituents is 1. The first kappa shape index (κ1) is 15.4. The molecule has 2 amide bonds. The average molecular weight is 311 g/mol. The maximum Gasteiger partial charge on any atom is 0.270 e. The summed E-state index contributed by atoms with van der Waals surface area (Å²) >= 11 is 5.58. The molecule has 0 spiro atoms. The first-order valence-electron chi connectivity index (χ1n) is 6.77. The van der Waals surface area contributed by atoms with Crippen LogP contribution in [0.1, 0.15) is 46.4 Å². The van der Waals surface area contributed by atoms with Crippen LogP contribution in [0.25, 0.3) is 0 Å². The fourth-order valence-electron chi connectivity index (χ4n) is 2.31. The number of imide groups is 1. The highest BCUT2D eigenvalue weighted by Gasteiger charge is 2.36. The number of benzene rings is 1. The van der Waals surface area contributed by atoms with Crippen LogP contribution in [-0.4, -0.2) is 34.1 Å². The second-order valence-corrected chi connectivity index (χ2v) is 5.23. The van der Waals surface area contributed by atoms with Crippen molar-refractivity contribution in [3.05, 3.63) is 39.4 Å². The van der Waals surface area contributed by atoms with Gasteiger partial charge in [-0.2, -0.15) is 0 Å². The number of carbonyl (C=O) groups is 2. The average Bonchev–Trinajstić information content (AvgIpc) is 2.71. The van der Waals surface area contributed by atoms with Crippen LogP contribution >= 0.6 is 11.6 Å². The van der Waals surface area contributed by atoms with E-state index in [1.807, 2.05) is 0 Å². The molecule has 21 heavy (non-hydrogen) atoms. The summed E-state index contributed by atoms with van der Waals surface area (Å²) in [5, 5.41) is 10.7. The van der Waals surface area contributed by atoms with Gasteiger partial charge in [0.1, 0.15) is 0 Å². The van der Waals surface area contributed by atoms with E-state index in [1.54, 1.807) is 0 Å². The summed E-state index contributed by atoms with van der Waals surface area (Å²) in [7, 11) is 0. The van der Waals surface area contributed by atoms with Gasteiger partial charge in [-0.05, 0) is 18.9 Å². The predicted octanol–water partition coefficient (Wildman–Crippen LogP) is 2.99. The minimum absolute atomic E-state index is 0.120. The molecule has 6 nitrogen and oxygen atoms in total. The molecular formula is C14H15ClN2O4. The highest BCUT2D eigenvalue weighted by Crippen LogP contribution is 2.27. The molecule has 0 saturated heterocycles. The second kappa shape index (κ2) is 6.67. The molecule has 1 heterocycles. The summed E-state index contributed by atoms with van der Waals surface area (Å²) in [6.45, 7) is 0.336. The minimum atomic E-state index is -0.577. The molecule has 0 N–H and O–H groups in total. The van der Waals surface area contributed by atoms with Crippen LogP contribution in [-0.2, 0) is 0 Å². The van der Waals surface area contributed by atoms with Gasteiger partial charge in [-0.1, -0.05) is 12.8 Å². The number of alkyl halides is 1. The van der Waals surface area contributed by atoms with Gasteiger partial charge < -0.3 is 0 Å². The number of nitro groups is 1. The highest BCUT2D eigenvalue weighted by atomic mass is 35.5. The van der Waals surface area contributed by atoms with Crippen molar-refractivity contribution in [1.82, 2.24) is 4.90 Å². The Kier molecular flexibility index (Phi) is 4.90. The highest BCUT2D eigenvalue weighted by molar-refractivity contribution is 6.21. The van der Waals surface area contributed by atoms with Crippen molar-refractivity contribution in [1.29, 1.82) is 0 Å². The van der Waals surface area contributed by atoms with Gasteiger partial charge in [-0.15, -0.1) is 11.6 Å². The van der Waals surface area contributed by atoms with Crippen molar-refractivity contribution in [2.24, 2.45) is 0 Å². The molecule has 0 radical (unpaired) electrons. The lowest BCUT2D eigenvalue weighted by atomic mass is 10.1. The monoisotopic (exact) mass is 310 g/mol. The molecule has 0 aliphatic carbocycles. The molecule has 2 rings (SSSR count). The van der Waals surface area contributed by atoms with E-state index in [2.05, 4.69) is 0 Å². The van der Waals surface area contributed by atoms with Crippen molar-refractivity contribution in [3.63, 3.8) is 0 Å². The van der Waals surface area contributed by atoms with E-state index in [9.17, 15) is 19.7 Å². The Balaban J connectivity index is 2.06. The van der Waals surface area contributed by atoms with E-state index in [4.69, 9.17) is 11.6 Å². The van der Waals surface area contributed by atoms with Gasteiger partial charge >= 0.3 is 0 Å². The van der Waals surface area contributed by atoms with Crippen LogP contribution in [0.15, 0.2) is 18.2 Å². The standard InChI is InChI=1S/C14H15ClN2O4/c15-7-3-1-2-4-8-16-13(18)11-6-5-10(17(20)21)9-12(11)14(16)19/h5-6,9H,1-4,7-8H2. The molecule has 0 aromatic heterocycles.